The average Bonchev–Trinajstić information content (AvgIpc) is 3.16. The third-order valence-electron chi connectivity index (χ3n) is 4.29. The maximum atomic E-state index is 12.4. The number of nitrogens with one attached hydrogen (secondary N) is 3. The number of imidazole rings is 1. The molecule has 0 saturated carbocycles. The number of anilines is 2. The molecular formula is C20H19N7O. The first-order valence-electron chi connectivity index (χ1n) is 8.84. The molecule has 0 fully saturated rings. The Morgan fingerprint density at radius 1 is 1.14 bits per heavy atom. The molecule has 3 heterocycles. The highest BCUT2D eigenvalue weighted by Gasteiger charge is 2.11. The van der Waals surface area contributed by atoms with Crippen molar-refractivity contribution in [1.29, 1.82) is 0 Å². The van der Waals surface area contributed by atoms with Crippen molar-refractivity contribution in [2.75, 3.05) is 10.6 Å². The zero-order valence-electron chi connectivity index (χ0n) is 15.5. The van der Waals surface area contributed by atoms with Gasteiger partial charge in [-0.1, -0.05) is 12.1 Å². The molecule has 0 spiro atoms. The predicted molar refractivity (Wildman–Crippen MR) is 107 cm³/mol. The van der Waals surface area contributed by atoms with Crippen LogP contribution < -0.4 is 10.6 Å². The van der Waals surface area contributed by atoms with Crippen LogP contribution in [0, 0.1) is 6.92 Å². The number of amides is 1. The number of aryl methyl sites for hydroxylation is 1. The molecule has 1 unspecified atom stereocenters. The van der Waals surface area contributed by atoms with E-state index in [-0.39, 0.29) is 11.9 Å². The summed E-state index contributed by atoms with van der Waals surface area (Å²) in [5, 5.41) is 6.23. The van der Waals surface area contributed by atoms with E-state index in [9.17, 15) is 4.79 Å². The SMILES string of the molecule is Cc1cncc(C(=O)Nc2cccc(C(C)Nc3cnc4nc[nH]c4n3)c2)c1. The van der Waals surface area contributed by atoms with Gasteiger partial charge in [0.2, 0.25) is 0 Å². The summed E-state index contributed by atoms with van der Waals surface area (Å²) in [5.74, 6) is 0.453. The zero-order chi connectivity index (χ0) is 19.5. The van der Waals surface area contributed by atoms with Crippen LogP contribution in [0.3, 0.4) is 0 Å². The highest BCUT2D eigenvalue weighted by Crippen LogP contribution is 2.21. The minimum atomic E-state index is -0.190. The molecule has 1 atom stereocenters. The summed E-state index contributed by atoms with van der Waals surface area (Å²) >= 11 is 0. The molecule has 4 aromatic rings. The Bertz CT molecular complexity index is 1140. The van der Waals surface area contributed by atoms with Crippen molar-refractivity contribution >= 4 is 28.7 Å². The molecule has 0 aliphatic carbocycles. The van der Waals surface area contributed by atoms with Crippen LogP contribution in [0.2, 0.25) is 0 Å². The number of aromatic nitrogens is 5. The highest BCUT2D eigenvalue weighted by atomic mass is 16.1. The lowest BCUT2D eigenvalue weighted by atomic mass is 10.1. The first kappa shape index (κ1) is 17.6. The molecule has 1 aromatic carbocycles. The van der Waals surface area contributed by atoms with Crippen LogP contribution in [0.1, 0.15) is 34.5 Å². The second kappa shape index (κ2) is 7.43. The number of hydrogen-bond donors (Lipinski definition) is 3. The minimum absolute atomic E-state index is 0.0350. The molecule has 8 nitrogen and oxygen atoms in total. The van der Waals surface area contributed by atoms with Crippen molar-refractivity contribution in [2.24, 2.45) is 0 Å². The number of hydrogen-bond acceptors (Lipinski definition) is 6. The Kier molecular flexibility index (Phi) is 4.67. The topological polar surface area (TPSA) is 108 Å². The lowest BCUT2D eigenvalue weighted by Crippen LogP contribution is -2.13. The van der Waals surface area contributed by atoms with E-state index in [1.807, 2.05) is 38.1 Å². The maximum absolute atomic E-state index is 12.4. The van der Waals surface area contributed by atoms with E-state index >= 15 is 0 Å². The van der Waals surface area contributed by atoms with Crippen molar-refractivity contribution in [3.63, 3.8) is 0 Å². The van der Waals surface area contributed by atoms with E-state index in [4.69, 9.17) is 0 Å². The fraction of sp³-hybridized carbons (Fsp3) is 0.150. The second-order valence-corrected chi connectivity index (χ2v) is 6.53. The molecule has 8 heteroatoms. The van der Waals surface area contributed by atoms with E-state index in [0.29, 0.717) is 28.4 Å². The number of H-pyrrole nitrogens is 1. The Morgan fingerprint density at radius 3 is 2.89 bits per heavy atom. The molecule has 3 N–H and O–H groups in total. The minimum Gasteiger partial charge on any atom is -0.362 e. The van der Waals surface area contributed by atoms with Crippen LogP contribution >= 0.6 is 0 Å². The molecule has 140 valence electrons. The largest absolute Gasteiger partial charge is 0.362 e. The van der Waals surface area contributed by atoms with E-state index < -0.39 is 0 Å². The maximum Gasteiger partial charge on any atom is 0.257 e. The Labute approximate surface area is 161 Å². The fourth-order valence-electron chi connectivity index (χ4n) is 2.87. The van der Waals surface area contributed by atoms with Crippen molar-refractivity contribution in [3.05, 3.63) is 71.9 Å². The monoisotopic (exact) mass is 373 g/mol. The molecule has 0 aliphatic heterocycles. The number of pyridine rings is 1. The van der Waals surface area contributed by atoms with Crippen molar-refractivity contribution in [1.82, 2.24) is 24.9 Å². The van der Waals surface area contributed by atoms with Crippen molar-refractivity contribution in [3.8, 4) is 0 Å². The van der Waals surface area contributed by atoms with E-state index in [1.165, 1.54) is 0 Å². The molecule has 1 amide bonds. The van der Waals surface area contributed by atoms with Gasteiger partial charge in [0.05, 0.1) is 24.1 Å². The number of benzene rings is 1. The van der Waals surface area contributed by atoms with Gasteiger partial charge >= 0.3 is 0 Å². The van der Waals surface area contributed by atoms with Gasteiger partial charge in [-0.15, -0.1) is 0 Å². The van der Waals surface area contributed by atoms with Crippen LogP contribution in [-0.2, 0) is 0 Å². The summed E-state index contributed by atoms with van der Waals surface area (Å²) in [6.07, 6.45) is 6.48. The molecular weight excluding hydrogens is 354 g/mol. The molecule has 0 bridgehead atoms. The van der Waals surface area contributed by atoms with Gasteiger partial charge in [-0.25, -0.2) is 15.0 Å². The van der Waals surface area contributed by atoms with Gasteiger partial charge in [-0.2, -0.15) is 0 Å². The van der Waals surface area contributed by atoms with E-state index in [0.717, 1.165) is 11.1 Å². The second-order valence-electron chi connectivity index (χ2n) is 6.53. The van der Waals surface area contributed by atoms with Crippen molar-refractivity contribution in [2.45, 2.75) is 19.9 Å². The van der Waals surface area contributed by atoms with Gasteiger partial charge in [-0.05, 0) is 43.2 Å². The van der Waals surface area contributed by atoms with Gasteiger partial charge in [0.1, 0.15) is 5.82 Å². The normalized spacial score (nSPS) is 11.9. The summed E-state index contributed by atoms with van der Waals surface area (Å²) in [5.41, 5.74) is 4.40. The number of fused-ring (bicyclic) bond motifs is 1. The molecule has 0 saturated heterocycles. The summed E-state index contributed by atoms with van der Waals surface area (Å²) in [6.45, 7) is 3.92. The summed E-state index contributed by atoms with van der Waals surface area (Å²) in [7, 11) is 0. The molecule has 0 radical (unpaired) electrons. The van der Waals surface area contributed by atoms with Gasteiger partial charge in [0, 0.05) is 18.1 Å². The number of carbonyl (C=O) groups excluding carboxylic acids is 1. The number of rotatable bonds is 5. The number of nitrogens with zero attached hydrogens (tertiary/aromatic N) is 4. The average molecular weight is 373 g/mol. The van der Waals surface area contributed by atoms with Gasteiger partial charge in [-0.3, -0.25) is 9.78 Å². The Hall–Kier alpha value is -3.81. The zero-order valence-corrected chi connectivity index (χ0v) is 15.5. The molecule has 4 rings (SSSR count). The number of aromatic amines is 1. The van der Waals surface area contributed by atoms with Crippen molar-refractivity contribution < 1.29 is 4.79 Å². The van der Waals surface area contributed by atoms with E-state index in [1.54, 1.807) is 31.0 Å². The first-order valence-corrected chi connectivity index (χ1v) is 8.84. The smallest absolute Gasteiger partial charge is 0.257 e. The van der Waals surface area contributed by atoms with Crippen LogP contribution in [0.4, 0.5) is 11.5 Å². The Morgan fingerprint density at radius 2 is 2.04 bits per heavy atom. The predicted octanol–water partition coefficient (Wildman–Crippen LogP) is 3.48. The van der Waals surface area contributed by atoms with Gasteiger partial charge < -0.3 is 15.6 Å². The Balaban J connectivity index is 1.48. The van der Waals surface area contributed by atoms with Gasteiger partial charge in [0.25, 0.3) is 5.91 Å². The summed E-state index contributed by atoms with van der Waals surface area (Å²) < 4.78 is 0. The summed E-state index contributed by atoms with van der Waals surface area (Å²) in [6, 6.07) is 9.45. The molecule has 28 heavy (non-hydrogen) atoms. The standard InChI is InChI=1S/C20H19N7O/c1-12-6-15(9-21-8-12)20(28)26-16-5-3-4-14(7-16)13(2)25-17-10-22-18-19(27-17)24-11-23-18/h3-11,13H,1-2H3,(H,26,28)(H2,22,23,24,25,27). The lowest BCUT2D eigenvalue weighted by Gasteiger charge is -2.16. The van der Waals surface area contributed by atoms with Gasteiger partial charge in [0.15, 0.2) is 11.3 Å². The van der Waals surface area contributed by atoms with Crippen LogP contribution in [0.15, 0.2) is 55.2 Å². The quantitative estimate of drug-likeness (QED) is 0.494. The third kappa shape index (κ3) is 3.80. The number of carbonyl (C=O) groups is 1. The van der Waals surface area contributed by atoms with Crippen LogP contribution in [0.25, 0.3) is 11.3 Å². The van der Waals surface area contributed by atoms with Crippen LogP contribution in [0.5, 0.6) is 0 Å². The summed E-state index contributed by atoms with van der Waals surface area (Å²) in [4.78, 5) is 32.2. The van der Waals surface area contributed by atoms with Crippen LogP contribution in [-0.4, -0.2) is 30.8 Å². The van der Waals surface area contributed by atoms with E-state index in [2.05, 4.69) is 35.6 Å². The molecule has 3 aromatic heterocycles. The first-order chi connectivity index (χ1) is 13.6. The molecule has 0 aliphatic rings. The fourth-order valence-corrected chi connectivity index (χ4v) is 2.87. The third-order valence-corrected chi connectivity index (χ3v) is 4.29. The lowest BCUT2D eigenvalue weighted by molar-refractivity contribution is 0.102. The highest BCUT2D eigenvalue weighted by molar-refractivity contribution is 6.04.